The zero-order valence-electron chi connectivity index (χ0n) is 14.9. The van der Waals surface area contributed by atoms with Crippen LogP contribution in [0.4, 0.5) is 4.39 Å². The van der Waals surface area contributed by atoms with Crippen molar-refractivity contribution in [3.8, 4) is 5.75 Å². The predicted molar refractivity (Wildman–Crippen MR) is 97.1 cm³/mol. The molecule has 1 amide bonds. The number of allylic oxidation sites excluding steroid dienone is 1. The van der Waals surface area contributed by atoms with Crippen LogP contribution in [0.5, 0.6) is 5.75 Å². The number of carbonyl (C=O) groups excluding carboxylic acids is 2. The van der Waals surface area contributed by atoms with E-state index in [4.69, 9.17) is 9.47 Å². The van der Waals surface area contributed by atoms with E-state index in [-0.39, 0.29) is 18.3 Å². The third-order valence-electron chi connectivity index (χ3n) is 4.09. The second kappa shape index (κ2) is 10.4. The Balaban J connectivity index is 1.68. The van der Waals surface area contributed by atoms with E-state index < -0.39 is 11.8 Å². The molecule has 0 spiro atoms. The van der Waals surface area contributed by atoms with Crippen molar-refractivity contribution in [2.75, 3.05) is 20.3 Å². The zero-order chi connectivity index (χ0) is 18.8. The molecule has 0 saturated heterocycles. The van der Waals surface area contributed by atoms with Crippen molar-refractivity contribution >= 4 is 18.0 Å². The Labute approximate surface area is 152 Å². The number of carbonyl (C=O) groups is 2. The average Bonchev–Trinajstić information content (AvgIpc) is 2.65. The minimum atomic E-state index is -0.661. The molecule has 1 aromatic rings. The number of rotatable bonds is 8. The highest BCUT2D eigenvalue weighted by molar-refractivity contribution is 5.89. The SMILES string of the molecule is COc1ccc(/C=C/C(=O)OCC(=O)NCCC2=CCCCC2)cc1F. The molecule has 26 heavy (non-hydrogen) atoms. The van der Waals surface area contributed by atoms with Crippen LogP contribution in [0.15, 0.2) is 35.9 Å². The molecule has 0 aromatic heterocycles. The van der Waals surface area contributed by atoms with Gasteiger partial charge in [0.25, 0.3) is 5.91 Å². The fourth-order valence-electron chi connectivity index (χ4n) is 2.68. The maximum absolute atomic E-state index is 13.5. The summed E-state index contributed by atoms with van der Waals surface area (Å²) in [6, 6.07) is 4.32. The summed E-state index contributed by atoms with van der Waals surface area (Å²) in [4.78, 5) is 23.3. The van der Waals surface area contributed by atoms with Crippen LogP contribution in [0, 0.1) is 5.82 Å². The monoisotopic (exact) mass is 361 g/mol. The molecule has 0 saturated carbocycles. The fraction of sp³-hybridized carbons (Fsp3) is 0.400. The first-order valence-electron chi connectivity index (χ1n) is 8.71. The molecule has 140 valence electrons. The van der Waals surface area contributed by atoms with Gasteiger partial charge >= 0.3 is 5.97 Å². The van der Waals surface area contributed by atoms with Crippen LogP contribution in [0.1, 0.15) is 37.7 Å². The van der Waals surface area contributed by atoms with Gasteiger partial charge in [-0.3, -0.25) is 4.79 Å². The van der Waals surface area contributed by atoms with Crippen LogP contribution in [-0.2, 0) is 14.3 Å². The van der Waals surface area contributed by atoms with E-state index >= 15 is 0 Å². The van der Waals surface area contributed by atoms with Gasteiger partial charge in [0.05, 0.1) is 7.11 Å². The van der Waals surface area contributed by atoms with E-state index in [1.807, 2.05) is 0 Å². The minimum absolute atomic E-state index is 0.130. The van der Waals surface area contributed by atoms with Crippen molar-refractivity contribution in [2.45, 2.75) is 32.1 Å². The highest BCUT2D eigenvalue weighted by Gasteiger charge is 2.07. The molecule has 5 nitrogen and oxygen atoms in total. The molecule has 1 aromatic carbocycles. The number of benzene rings is 1. The molecular weight excluding hydrogens is 337 g/mol. The summed E-state index contributed by atoms with van der Waals surface area (Å²) in [5.41, 5.74) is 1.87. The summed E-state index contributed by atoms with van der Waals surface area (Å²) in [6.45, 7) is 0.211. The van der Waals surface area contributed by atoms with Crippen molar-refractivity contribution in [3.05, 3.63) is 47.3 Å². The van der Waals surface area contributed by atoms with Gasteiger partial charge in [0.1, 0.15) is 0 Å². The number of methoxy groups -OCH3 is 1. The van der Waals surface area contributed by atoms with E-state index in [0.717, 1.165) is 25.3 Å². The Morgan fingerprint density at radius 2 is 2.15 bits per heavy atom. The van der Waals surface area contributed by atoms with Crippen molar-refractivity contribution < 1.29 is 23.5 Å². The van der Waals surface area contributed by atoms with Gasteiger partial charge in [0.15, 0.2) is 18.2 Å². The first-order chi connectivity index (χ1) is 12.6. The van der Waals surface area contributed by atoms with Gasteiger partial charge < -0.3 is 14.8 Å². The van der Waals surface area contributed by atoms with Gasteiger partial charge in [-0.05, 0) is 55.9 Å². The largest absolute Gasteiger partial charge is 0.494 e. The van der Waals surface area contributed by atoms with Gasteiger partial charge in [-0.1, -0.05) is 17.7 Å². The van der Waals surface area contributed by atoms with Crippen LogP contribution in [-0.4, -0.2) is 32.1 Å². The summed E-state index contributed by atoms with van der Waals surface area (Å²) in [5.74, 6) is -1.38. The lowest BCUT2D eigenvalue weighted by Crippen LogP contribution is -2.29. The summed E-state index contributed by atoms with van der Waals surface area (Å²) in [6.07, 6.45) is 10.3. The molecule has 0 radical (unpaired) electrons. The fourth-order valence-corrected chi connectivity index (χ4v) is 2.68. The molecule has 1 aliphatic carbocycles. The number of nitrogens with one attached hydrogen (secondary N) is 1. The van der Waals surface area contributed by atoms with E-state index in [1.165, 1.54) is 43.7 Å². The molecule has 2 rings (SSSR count). The third-order valence-corrected chi connectivity index (χ3v) is 4.09. The van der Waals surface area contributed by atoms with E-state index in [9.17, 15) is 14.0 Å². The molecule has 0 aliphatic heterocycles. The summed E-state index contributed by atoms with van der Waals surface area (Å²) in [5, 5.41) is 2.73. The Morgan fingerprint density at radius 1 is 1.31 bits per heavy atom. The molecular formula is C20H24FNO4. The van der Waals surface area contributed by atoms with Crippen molar-refractivity contribution in [2.24, 2.45) is 0 Å². The Kier molecular flexibility index (Phi) is 7.86. The van der Waals surface area contributed by atoms with Crippen LogP contribution in [0.2, 0.25) is 0 Å². The number of amides is 1. The lowest BCUT2D eigenvalue weighted by atomic mass is 9.97. The minimum Gasteiger partial charge on any atom is -0.494 e. The highest BCUT2D eigenvalue weighted by Crippen LogP contribution is 2.19. The average molecular weight is 361 g/mol. The second-order valence-corrected chi connectivity index (χ2v) is 6.04. The first kappa shape index (κ1) is 19.7. The normalized spacial score (nSPS) is 14.0. The van der Waals surface area contributed by atoms with Crippen molar-refractivity contribution in [3.63, 3.8) is 0 Å². The van der Waals surface area contributed by atoms with Crippen LogP contribution in [0.25, 0.3) is 6.08 Å². The molecule has 1 aliphatic rings. The second-order valence-electron chi connectivity index (χ2n) is 6.04. The lowest BCUT2D eigenvalue weighted by Gasteiger charge is -2.12. The molecule has 0 heterocycles. The standard InChI is InChI=1S/C20H24FNO4/c1-25-18-9-7-16(13-17(18)21)8-10-20(24)26-14-19(23)22-12-11-15-5-3-2-4-6-15/h5,7-10,13H,2-4,6,11-12,14H2,1H3,(H,22,23)/b10-8+. The van der Waals surface area contributed by atoms with Gasteiger partial charge in [-0.15, -0.1) is 0 Å². The van der Waals surface area contributed by atoms with Crippen LogP contribution >= 0.6 is 0 Å². The smallest absolute Gasteiger partial charge is 0.331 e. The quantitative estimate of drug-likeness (QED) is 0.438. The van der Waals surface area contributed by atoms with Gasteiger partial charge in [-0.25, -0.2) is 9.18 Å². The number of hydrogen-bond acceptors (Lipinski definition) is 4. The van der Waals surface area contributed by atoms with Gasteiger partial charge in [-0.2, -0.15) is 0 Å². The first-order valence-corrected chi connectivity index (χ1v) is 8.71. The molecule has 6 heteroatoms. The highest BCUT2D eigenvalue weighted by atomic mass is 19.1. The summed E-state index contributed by atoms with van der Waals surface area (Å²) < 4.78 is 23.2. The maximum Gasteiger partial charge on any atom is 0.331 e. The van der Waals surface area contributed by atoms with Gasteiger partial charge in [0.2, 0.25) is 0 Å². The summed E-state index contributed by atoms with van der Waals surface area (Å²) in [7, 11) is 1.38. The van der Waals surface area contributed by atoms with E-state index in [0.29, 0.717) is 12.1 Å². The molecule has 0 atom stereocenters. The number of ether oxygens (including phenoxy) is 2. The Hall–Kier alpha value is -2.63. The Morgan fingerprint density at radius 3 is 2.85 bits per heavy atom. The predicted octanol–water partition coefficient (Wildman–Crippen LogP) is 3.40. The van der Waals surface area contributed by atoms with Crippen LogP contribution in [0.3, 0.4) is 0 Å². The molecule has 0 unspecified atom stereocenters. The number of hydrogen-bond donors (Lipinski definition) is 1. The van der Waals surface area contributed by atoms with E-state index in [1.54, 1.807) is 6.07 Å². The summed E-state index contributed by atoms with van der Waals surface area (Å²) >= 11 is 0. The lowest BCUT2D eigenvalue weighted by molar-refractivity contribution is -0.143. The maximum atomic E-state index is 13.5. The number of esters is 1. The Bertz CT molecular complexity index is 697. The third kappa shape index (κ3) is 6.70. The molecule has 0 bridgehead atoms. The van der Waals surface area contributed by atoms with Crippen molar-refractivity contribution in [1.82, 2.24) is 5.32 Å². The number of halogens is 1. The van der Waals surface area contributed by atoms with Crippen molar-refractivity contribution in [1.29, 1.82) is 0 Å². The molecule has 1 N–H and O–H groups in total. The van der Waals surface area contributed by atoms with Gasteiger partial charge in [0, 0.05) is 12.6 Å². The van der Waals surface area contributed by atoms with E-state index in [2.05, 4.69) is 11.4 Å². The molecule has 0 fully saturated rings. The zero-order valence-corrected chi connectivity index (χ0v) is 14.9. The topological polar surface area (TPSA) is 64.6 Å². The van der Waals surface area contributed by atoms with Crippen LogP contribution < -0.4 is 10.1 Å².